The Balaban J connectivity index is 2.63. The van der Waals surface area contributed by atoms with Gasteiger partial charge in [-0.15, -0.1) is 0 Å². The van der Waals surface area contributed by atoms with Crippen LogP contribution in [0.25, 0.3) is 0 Å². The van der Waals surface area contributed by atoms with Crippen LogP contribution >= 0.6 is 0 Å². The van der Waals surface area contributed by atoms with Gasteiger partial charge in [0.25, 0.3) is 0 Å². The second-order valence-corrected chi connectivity index (χ2v) is 1.15. The van der Waals surface area contributed by atoms with Crippen molar-refractivity contribution in [2.24, 2.45) is 5.73 Å². The molecule has 0 aliphatic carbocycles. The van der Waals surface area contributed by atoms with E-state index in [1.54, 1.807) is 0 Å². The molecule has 0 aromatic rings. The molecule has 0 saturated heterocycles. The zero-order valence-electron chi connectivity index (χ0n) is 3.82. The van der Waals surface area contributed by atoms with Crippen molar-refractivity contribution < 1.29 is 4.39 Å². The van der Waals surface area contributed by atoms with Crippen molar-refractivity contribution in [3.8, 4) is 0 Å². The zero-order chi connectivity index (χ0) is 4.99. The summed E-state index contributed by atoms with van der Waals surface area (Å²) in [6.45, 7) is 1.78. The third-order valence-corrected chi connectivity index (χ3v) is 0.461. The second-order valence-electron chi connectivity index (χ2n) is 1.15. The standard InChI is InChI=1S/C4H9FN/c1-4(5)2-3-6/h2,4H,3,6H2,1H3. The van der Waals surface area contributed by atoms with Crippen LogP contribution in [0.15, 0.2) is 0 Å². The van der Waals surface area contributed by atoms with Gasteiger partial charge in [-0.1, -0.05) is 0 Å². The van der Waals surface area contributed by atoms with Crippen LogP contribution in [-0.4, -0.2) is 12.7 Å². The average molecular weight is 90.1 g/mol. The molecule has 1 nitrogen and oxygen atoms in total. The maximum Gasteiger partial charge on any atom is 0.102 e. The lowest BCUT2D eigenvalue weighted by Crippen LogP contribution is -2.05. The maximum atomic E-state index is 11.6. The van der Waals surface area contributed by atoms with Gasteiger partial charge < -0.3 is 5.73 Å². The summed E-state index contributed by atoms with van der Waals surface area (Å²) in [5.74, 6) is 0. The monoisotopic (exact) mass is 90.1 g/mol. The fourth-order valence-electron chi connectivity index (χ4n) is 0.188. The van der Waals surface area contributed by atoms with E-state index in [0.717, 1.165) is 0 Å². The molecule has 0 spiro atoms. The van der Waals surface area contributed by atoms with Crippen molar-refractivity contribution in [1.29, 1.82) is 0 Å². The third kappa shape index (κ3) is 3.89. The first kappa shape index (κ1) is 5.89. The predicted octanol–water partition coefficient (Wildman–Crippen LogP) is 0.507. The van der Waals surface area contributed by atoms with Crippen LogP contribution in [0.2, 0.25) is 0 Å². The van der Waals surface area contributed by atoms with E-state index in [-0.39, 0.29) is 0 Å². The molecule has 0 rings (SSSR count). The Morgan fingerprint density at radius 2 is 2.50 bits per heavy atom. The van der Waals surface area contributed by atoms with E-state index in [9.17, 15) is 4.39 Å². The van der Waals surface area contributed by atoms with Crippen LogP contribution < -0.4 is 5.73 Å². The quantitative estimate of drug-likeness (QED) is 0.525. The summed E-state index contributed by atoms with van der Waals surface area (Å²) < 4.78 is 11.6. The fourth-order valence-corrected chi connectivity index (χ4v) is 0.188. The van der Waals surface area contributed by atoms with Gasteiger partial charge in [-0.25, -0.2) is 4.39 Å². The minimum Gasteiger partial charge on any atom is -0.330 e. The number of nitrogens with two attached hydrogens (primary N) is 1. The van der Waals surface area contributed by atoms with Gasteiger partial charge in [0.05, 0.1) is 0 Å². The highest BCUT2D eigenvalue weighted by Gasteiger charge is 1.91. The molecule has 1 unspecified atom stereocenters. The predicted molar refractivity (Wildman–Crippen MR) is 23.9 cm³/mol. The van der Waals surface area contributed by atoms with Gasteiger partial charge in [-0.3, -0.25) is 0 Å². The van der Waals surface area contributed by atoms with Gasteiger partial charge in [0, 0.05) is 6.42 Å². The van der Waals surface area contributed by atoms with Crippen molar-refractivity contribution in [3.63, 3.8) is 0 Å². The first-order valence-corrected chi connectivity index (χ1v) is 1.95. The highest BCUT2D eigenvalue weighted by atomic mass is 19.1. The first-order valence-electron chi connectivity index (χ1n) is 1.95. The van der Waals surface area contributed by atoms with Gasteiger partial charge >= 0.3 is 0 Å². The Kier molecular flexibility index (Phi) is 3.04. The van der Waals surface area contributed by atoms with E-state index in [4.69, 9.17) is 5.73 Å². The molecular formula is C4H9FN. The summed E-state index contributed by atoms with van der Waals surface area (Å²) in [4.78, 5) is 0. The average Bonchev–Trinajstić information content (AvgIpc) is 1.35. The third-order valence-electron chi connectivity index (χ3n) is 0.461. The molecule has 0 aromatic heterocycles. The van der Waals surface area contributed by atoms with Crippen molar-refractivity contribution >= 4 is 0 Å². The maximum absolute atomic E-state index is 11.6. The lowest BCUT2D eigenvalue weighted by atomic mass is 10.3. The molecule has 0 aromatic carbocycles. The number of alkyl halides is 1. The Hall–Kier alpha value is -0.110. The molecule has 0 amide bonds. The Morgan fingerprint density at radius 3 is 2.50 bits per heavy atom. The van der Waals surface area contributed by atoms with Crippen molar-refractivity contribution in [3.05, 3.63) is 6.42 Å². The minimum atomic E-state index is -0.852. The molecule has 2 heteroatoms. The molecule has 37 valence electrons. The highest BCUT2D eigenvalue weighted by molar-refractivity contribution is 4.70. The molecule has 0 saturated carbocycles. The second kappa shape index (κ2) is 3.09. The molecular weight excluding hydrogens is 81.0 g/mol. The topological polar surface area (TPSA) is 26.0 Å². The van der Waals surface area contributed by atoms with Crippen LogP contribution in [0.3, 0.4) is 0 Å². The molecule has 0 aliphatic rings. The van der Waals surface area contributed by atoms with Gasteiger partial charge in [0.2, 0.25) is 0 Å². The summed E-state index contributed by atoms with van der Waals surface area (Å²) >= 11 is 0. The Morgan fingerprint density at radius 1 is 2.00 bits per heavy atom. The molecule has 2 N–H and O–H groups in total. The van der Waals surface area contributed by atoms with Gasteiger partial charge in [0.1, 0.15) is 6.17 Å². The molecule has 0 heterocycles. The lowest BCUT2D eigenvalue weighted by Gasteiger charge is -1.91. The smallest absolute Gasteiger partial charge is 0.102 e. The van der Waals surface area contributed by atoms with Crippen LogP contribution in [0.1, 0.15) is 6.92 Å². The number of halogens is 1. The van der Waals surface area contributed by atoms with E-state index < -0.39 is 6.17 Å². The van der Waals surface area contributed by atoms with E-state index in [2.05, 4.69) is 0 Å². The number of hydrogen-bond acceptors (Lipinski definition) is 1. The summed E-state index contributed by atoms with van der Waals surface area (Å²) in [5.41, 5.74) is 4.93. The molecule has 0 fully saturated rings. The summed E-state index contributed by atoms with van der Waals surface area (Å²) in [6.07, 6.45) is 0.551. The Labute approximate surface area is 37.3 Å². The normalized spacial score (nSPS) is 14.5. The summed E-state index contributed by atoms with van der Waals surface area (Å²) in [7, 11) is 0. The van der Waals surface area contributed by atoms with Crippen LogP contribution in [-0.2, 0) is 0 Å². The molecule has 1 radical (unpaired) electrons. The molecule has 0 bridgehead atoms. The SMILES string of the molecule is CC(F)[CH]CN. The fraction of sp³-hybridized carbons (Fsp3) is 0.750. The van der Waals surface area contributed by atoms with Gasteiger partial charge in [0.15, 0.2) is 0 Å². The minimum absolute atomic E-state index is 0.331. The summed E-state index contributed by atoms with van der Waals surface area (Å²) in [6, 6.07) is 0. The molecule has 6 heavy (non-hydrogen) atoms. The van der Waals surface area contributed by atoms with Crippen LogP contribution in [0.4, 0.5) is 4.39 Å². The van der Waals surface area contributed by atoms with Crippen LogP contribution in [0.5, 0.6) is 0 Å². The molecule has 0 aliphatic heterocycles. The number of rotatable bonds is 2. The van der Waals surface area contributed by atoms with Crippen LogP contribution in [0, 0.1) is 6.42 Å². The highest BCUT2D eigenvalue weighted by Crippen LogP contribution is 1.88. The first-order chi connectivity index (χ1) is 2.77. The lowest BCUT2D eigenvalue weighted by molar-refractivity contribution is 0.403. The van der Waals surface area contributed by atoms with Crippen molar-refractivity contribution in [2.75, 3.05) is 6.54 Å². The summed E-state index contributed by atoms with van der Waals surface area (Å²) in [5, 5.41) is 0. The zero-order valence-corrected chi connectivity index (χ0v) is 3.82. The number of hydrogen-bond donors (Lipinski definition) is 1. The van der Waals surface area contributed by atoms with Crippen molar-refractivity contribution in [2.45, 2.75) is 13.1 Å². The van der Waals surface area contributed by atoms with E-state index in [1.165, 1.54) is 13.3 Å². The van der Waals surface area contributed by atoms with Crippen molar-refractivity contribution in [1.82, 2.24) is 0 Å². The van der Waals surface area contributed by atoms with Gasteiger partial charge in [-0.2, -0.15) is 0 Å². The van der Waals surface area contributed by atoms with E-state index >= 15 is 0 Å². The van der Waals surface area contributed by atoms with E-state index in [0.29, 0.717) is 6.54 Å². The van der Waals surface area contributed by atoms with E-state index in [1.807, 2.05) is 0 Å². The Bertz CT molecular complexity index is 28.7. The molecule has 1 atom stereocenters. The van der Waals surface area contributed by atoms with Gasteiger partial charge in [-0.05, 0) is 13.5 Å². The largest absolute Gasteiger partial charge is 0.330 e.